The van der Waals surface area contributed by atoms with E-state index in [1.807, 2.05) is 0 Å². The van der Waals surface area contributed by atoms with E-state index in [1.165, 1.54) is 24.1 Å². The summed E-state index contributed by atoms with van der Waals surface area (Å²) in [6, 6.07) is 0. The number of fused-ring (bicyclic) bond motifs is 1. The van der Waals surface area contributed by atoms with Crippen molar-refractivity contribution in [3.8, 4) is 0 Å². The number of carbonyl (C=O) groups is 2. The quantitative estimate of drug-likeness (QED) is 0.224. The average molecular weight is 650 g/mol. The molecule has 14 nitrogen and oxygen atoms in total. The van der Waals surface area contributed by atoms with Crippen LogP contribution in [0.2, 0.25) is 0 Å². The number of imidazole rings is 1. The van der Waals surface area contributed by atoms with Gasteiger partial charge in [-0.25, -0.2) is 19.5 Å². The first kappa shape index (κ1) is 34.9. The molecule has 0 saturated carbocycles. The number of anilines is 1. The monoisotopic (exact) mass is 649 g/mol. The molecule has 1 aliphatic heterocycles. The number of carbonyl (C=O) groups excluding carboxylic acids is 2. The molecule has 3 heterocycles. The van der Waals surface area contributed by atoms with Crippen molar-refractivity contribution in [2.24, 2.45) is 10.8 Å². The summed E-state index contributed by atoms with van der Waals surface area (Å²) in [5.41, 5.74) is 5.32. The lowest BCUT2D eigenvalue weighted by Crippen LogP contribution is -2.38. The van der Waals surface area contributed by atoms with E-state index in [2.05, 4.69) is 15.0 Å². The minimum Gasteiger partial charge on any atom is -0.387 e. The van der Waals surface area contributed by atoms with Crippen molar-refractivity contribution >= 4 is 58.6 Å². The van der Waals surface area contributed by atoms with E-state index < -0.39 is 49.3 Å². The molecule has 3 rings (SSSR count). The first-order valence-electron chi connectivity index (χ1n) is 13.3. The molecule has 1 fully saturated rings. The molecule has 2 aromatic heterocycles. The maximum atomic E-state index is 13.7. The molecule has 0 bridgehead atoms. The van der Waals surface area contributed by atoms with E-state index >= 15 is 0 Å². The predicted octanol–water partition coefficient (Wildman–Crippen LogP) is 3.19. The summed E-state index contributed by atoms with van der Waals surface area (Å²) in [5.74, 6) is 0.529. The van der Waals surface area contributed by atoms with Crippen molar-refractivity contribution in [2.45, 2.75) is 79.1 Å². The third-order valence-corrected chi connectivity index (χ3v) is 10.1. The molecule has 4 N–H and O–H groups in total. The Morgan fingerprint density at radius 3 is 2.10 bits per heavy atom. The van der Waals surface area contributed by atoms with E-state index in [0.717, 1.165) is 23.5 Å². The summed E-state index contributed by atoms with van der Waals surface area (Å²) in [6.45, 7) is 12.0. The summed E-state index contributed by atoms with van der Waals surface area (Å²) < 4.78 is 37.8. The van der Waals surface area contributed by atoms with Crippen molar-refractivity contribution in [1.82, 2.24) is 19.5 Å². The Morgan fingerprint density at radius 1 is 1.02 bits per heavy atom. The summed E-state index contributed by atoms with van der Waals surface area (Å²) in [7, 11) is -4.28. The first-order chi connectivity index (χ1) is 19.4. The number of thioether (sulfide) groups is 2. The molecule has 17 heteroatoms. The van der Waals surface area contributed by atoms with Crippen LogP contribution in [0.3, 0.4) is 0 Å². The van der Waals surface area contributed by atoms with Crippen molar-refractivity contribution in [3.63, 3.8) is 0 Å². The lowest BCUT2D eigenvalue weighted by atomic mass is 9.99. The second-order valence-corrected chi connectivity index (χ2v) is 15.5. The molecular formula is C25H40N5O9PS2. The molecule has 0 aliphatic carbocycles. The molecule has 0 radical (unpaired) electrons. The van der Waals surface area contributed by atoms with Gasteiger partial charge in [0, 0.05) is 22.3 Å². The van der Waals surface area contributed by atoms with Crippen LogP contribution in [0.1, 0.15) is 54.7 Å². The highest BCUT2D eigenvalue weighted by Crippen LogP contribution is 2.52. The highest BCUT2D eigenvalue weighted by Gasteiger charge is 2.49. The Hall–Kier alpha value is -1.62. The number of aliphatic hydroxyl groups excluding tert-OH is 2. The molecule has 0 spiro atoms. The van der Waals surface area contributed by atoms with Gasteiger partial charge in [-0.1, -0.05) is 65.1 Å². The number of rotatable bonds is 12. The third-order valence-electron chi connectivity index (χ3n) is 6.05. The predicted molar refractivity (Wildman–Crippen MR) is 160 cm³/mol. The molecule has 2 aromatic rings. The van der Waals surface area contributed by atoms with Gasteiger partial charge in [0.1, 0.15) is 30.2 Å². The number of aromatic nitrogens is 4. The Labute approximate surface area is 253 Å². The van der Waals surface area contributed by atoms with Gasteiger partial charge >= 0.3 is 7.82 Å². The van der Waals surface area contributed by atoms with Gasteiger partial charge in [0.05, 0.1) is 25.6 Å². The maximum Gasteiger partial charge on any atom is 0.475 e. The van der Waals surface area contributed by atoms with E-state index in [9.17, 15) is 24.4 Å². The first-order valence-corrected chi connectivity index (χ1v) is 16.7. The Kier molecular flexibility index (Phi) is 11.6. The number of phosphoric ester groups is 1. The van der Waals surface area contributed by atoms with Crippen molar-refractivity contribution < 1.29 is 42.7 Å². The van der Waals surface area contributed by atoms with Crippen LogP contribution >= 0.6 is 31.3 Å². The lowest BCUT2D eigenvalue weighted by molar-refractivity contribution is -0.118. The van der Waals surface area contributed by atoms with Crippen LogP contribution in [0.25, 0.3) is 11.2 Å². The smallest absolute Gasteiger partial charge is 0.387 e. The molecule has 0 aromatic carbocycles. The molecule has 0 amide bonds. The number of hydrogen-bond donors (Lipinski definition) is 3. The van der Waals surface area contributed by atoms with Crippen molar-refractivity contribution in [3.05, 3.63) is 12.7 Å². The Bertz CT molecular complexity index is 1260. The number of nitrogen functional groups attached to an aromatic ring is 1. The van der Waals surface area contributed by atoms with Gasteiger partial charge in [0.25, 0.3) is 0 Å². The van der Waals surface area contributed by atoms with Crippen LogP contribution in [0.15, 0.2) is 12.7 Å². The summed E-state index contributed by atoms with van der Waals surface area (Å²) in [6.07, 6.45) is -3.64. The van der Waals surface area contributed by atoms with Crippen LogP contribution in [0, 0.1) is 10.8 Å². The topological polar surface area (TPSA) is 198 Å². The van der Waals surface area contributed by atoms with Gasteiger partial charge in [0.2, 0.25) is 0 Å². The highest BCUT2D eigenvalue weighted by molar-refractivity contribution is 8.14. The van der Waals surface area contributed by atoms with Crippen LogP contribution in [0.4, 0.5) is 5.82 Å². The number of nitrogens with zero attached hydrogens (tertiary/aromatic N) is 4. The summed E-state index contributed by atoms with van der Waals surface area (Å²) in [4.78, 5) is 36.7. The van der Waals surface area contributed by atoms with Crippen LogP contribution < -0.4 is 5.73 Å². The van der Waals surface area contributed by atoms with Crippen molar-refractivity contribution in [2.75, 3.05) is 30.5 Å². The zero-order valence-corrected chi connectivity index (χ0v) is 27.3. The van der Waals surface area contributed by atoms with Crippen LogP contribution in [0.5, 0.6) is 0 Å². The highest BCUT2D eigenvalue weighted by atomic mass is 32.2. The van der Waals surface area contributed by atoms with Gasteiger partial charge in [0.15, 0.2) is 27.9 Å². The number of hydrogen-bond acceptors (Lipinski definition) is 15. The minimum absolute atomic E-state index is 0.0604. The van der Waals surface area contributed by atoms with Gasteiger partial charge in [-0.15, -0.1) is 0 Å². The van der Waals surface area contributed by atoms with E-state index in [-0.39, 0.29) is 46.4 Å². The van der Waals surface area contributed by atoms with E-state index in [1.54, 1.807) is 41.5 Å². The summed E-state index contributed by atoms with van der Waals surface area (Å²) >= 11 is 2.07. The number of aliphatic hydroxyl groups is 2. The fourth-order valence-electron chi connectivity index (χ4n) is 3.72. The minimum atomic E-state index is -4.28. The lowest BCUT2D eigenvalue weighted by Gasteiger charge is -2.26. The zero-order valence-electron chi connectivity index (χ0n) is 24.8. The zero-order chi connectivity index (χ0) is 31.5. The van der Waals surface area contributed by atoms with Gasteiger partial charge in [-0.2, -0.15) is 0 Å². The average Bonchev–Trinajstić information content (AvgIpc) is 3.45. The molecule has 42 heavy (non-hydrogen) atoms. The van der Waals surface area contributed by atoms with E-state index in [0.29, 0.717) is 5.52 Å². The van der Waals surface area contributed by atoms with Crippen molar-refractivity contribution in [1.29, 1.82) is 0 Å². The van der Waals surface area contributed by atoms with Crippen LogP contribution in [-0.2, 0) is 32.5 Å². The molecule has 236 valence electrons. The molecule has 5 atom stereocenters. The molecule has 0 unspecified atom stereocenters. The number of nitrogens with two attached hydrogens (primary N) is 1. The SMILES string of the molecule is C[C@@H](OP(=O)(OCCSC(=O)C(C)(C)C)OCCSC(=O)C(C)(C)C)[C@H]1O[C@@H](n2cnc3c(N)ncnc32)[C@H](O)[C@@H]1O. The second-order valence-electron chi connectivity index (χ2n) is 11.8. The molecule has 1 saturated heterocycles. The largest absolute Gasteiger partial charge is 0.475 e. The summed E-state index contributed by atoms with van der Waals surface area (Å²) in [5, 5.41) is 21.5. The fraction of sp³-hybridized carbons (Fsp3) is 0.720. The van der Waals surface area contributed by atoms with Gasteiger partial charge in [-0.05, 0) is 6.92 Å². The van der Waals surface area contributed by atoms with E-state index in [4.69, 9.17) is 24.0 Å². The van der Waals surface area contributed by atoms with Gasteiger partial charge in [-0.3, -0.25) is 27.7 Å². The number of phosphoric acid groups is 1. The Balaban J connectivity index is 1.69. The molecule has 1 aliphatic rings. The van der Waals surface area contributed by atoms with Gasteiger partial charge < -0.3 is 20.7 Å². The Morgan fingerprint density at radius 2 is 1.57 bits per heavy atom. The molecular weight excluding hydrogens is 609 g/mol. The fourth-order valence-corrected chi connectivity index (χ4v) is 6.89. The van der Waals surface area contributed by atoms with Crippen LogP contribution in [-0.4, -0.2) is 89.1 Å². The third kappa shape index (κ3) is 8.73. The normalized spacial score (nSPS) is 22.5. The number of ether oxygens (including phenoxy) is 1. The second kappa shape index (κ2) is 14.0. The maximum absolute atomic E-state index is 13.7. The standard InChI is InChI=1S/C25H40N5O9PS2/c1-14(18-16(31)17(32)21(38-18)30-13-29-15-19(26)27-12-28-20(15)30)39-40(35,36-8-10-41-22(33)24(2,3)4)37-9-11-42-23(34)25(5,6)7/h12-14,16-18,21,31-32H,8-11H2,1-7H3,(H2,26,27,28)/t14-,16+,17-,18-,21-/m1/s1.